The van der Waals surface area contributed by atoms with E-state index in [2.05, 4.69) is 10.6 Å². The van der Waals surface area contributed by atoms with E-state index < -0.39 is 11.7 Å². The Balaban J connectivity index is 2.85. The number of ether oxygens (including phenoxy) is 1. The lowest BCUT2D eigenvalue weighted by molar-refractivity contribution is -0.136. The van der Waals surface area contributed by atoms with E-state index >= 15 is 0 Å². The molecule has 1 aromatic rings. The van der Waals surface area contributed by atoms with Gasteiger partial charge in [0.15, 0.2) is 5.11 Å². The first-order valence-electron chi connectivity index (χ1n) is 5.25. The van der Waals surface area contributed by atoms with Crippen molar-refractivity contribution in [1.29, 1.82) is 0 Å². The number of hydrogen-bond acceptors (Lipinski definition) is 2. The molecule has 0 heterocycles. The first kappa shape index (κ1) is 16.0. The summed E-state index contributed by atoms with van der Waals surface area (Å²) in [6.07, 6.45) is -4.50. The van der Waals surface area contributed by atoms with Gasteiger partial charge in [-0.25, -0.2) is 0 Å². The lowest BCUT2D eigenvalue weighted by Gasteiger charge is -2.17. The molecule has 0 radical (unpaired) electrons. The molecule has 8 heteroatoms. The minimum atomic E-state index is -4.50. The number of thiocarbonyl (C=S) groups is 1. The molecular formula is C11H12ClF3N2OS. The maximum Gasteiger partial charge on any atom is 0.418 e. The highest BCUT2D eigenvalue weighted by molar-refractivity contribution is 7.80. The molecule has 1 aromatic carbocycles. The summed E-state index contributed by atoms with van der Waals surface area (Å²) in [6, 6.07) is 3.53. The highest BCUT2D eigenvalue weighted by Crippen LogP contribution is 2.38. The zero-order chi connectivity index (χ0) is 14.5. The molecule has 0 saturated carbocycles. The Morgan fingerprint density at radius 2 is 2.11 bits per heavy atom. The molecule has 0 unspecified atom stereocenters. The summed E-state index contributed by atoms with van der Waals surface area (Å²) in [4.78, 5) is 0. The highest BCUT2D eigenvalue weighted by Gasteiger charge is 2.34. The molecule has 2 N–H and O–H groups in total. The first-order valence-corrected chi connectivity index (χ1v) is 6.04. The minimum absolute atomic E-state index is 0.0503. The SMILES string of the molecule is COCCNC(=S)Nc1c(Cl)cccc1C(F)(F)F. The van der Waals surface area contributed by atoms with Crippen LogP contribution in [-0.4, -0.2) is 25.4 Å². The zero-order valence-corrected chi connectivity index (χ0v) is 11.5. The lowest BCUT2D eigenvalue weighted by Crippen LogP contribution is -2.32. The fourth-order valence-corrected chi connectivity index (χ4v) is 1.74. The zero-order valence-electron chi connectivity index (χ0n) is 9.97. The molecule has 0 aliphatic heterocycles. The van der Waals surface area contributed by atoms with E-state index in [1.165, 1.54) is 19.2 Å². The van der Waals surface area contributed by atoms with Gasteiger partial charge >= 0.3 is 6.18 Å². The van der Waals surface area contributed by atoms with E-state index in [-0.39, 0.29) is 15.8 Å². The Bertz CT molecular complexity index is 454. The van der Waals surface area contributed by atoms with Crippen molar-refractivity contribution in [2.24, 2.45) is 0 Å². The van der Waals surface area contributed by atoms with E-state index in [1.54, 1.807) is 0 Å². The van der Waals surface area contributed by atoms with Gasteiger partial charge in [0.05, 0.1) is 22.9 Å². The summed E-state index contributed by atoms with van der Waals surface area (Å²) in [6.45, 7) is 0.768. The summed E-state index contributed by atoms with van der Waals surface area (Å²) in [5.74, 6) is 0. The first-order chi connectivity index (χ1) is 8.86. The lowest BCUT2D eigenvalue weighted by atomic mass is 10.1. The molecule has 19 heavy (non-hydrogen) atoms. The van der Waals surface area contributed by atoms with Crippen molar-refractivity contribution in [3.8, 4) is 0 Å². The molecule has 0 spiro atoms. The van der Waals surface area contributed by atoms with Crippen LogP contribution in [0.1, 0.15) is 5.56 Å². The average Bonchev–Trinajstić information content (AvgIpc) is 2.30. The van der Waals surface area contributed by atoms with Gasteiger partial charge in [-0.15, -0.1) is 0 Å². The number of para-hydroxylation sites is 1. The van der Waals surface area contributed by atoms with Crippen molar-refractivity contribution in [2.45, 2.75) is 6.18 Å². The molecule has 106 valence electrons. The van der Waals surface area contributed by atoms with Gasteiger partial charge in [0.25, 0.3) is 0 Å². The monoisotopic (exact) mass is 312 g/mol. The third kappa shape index (κ3) is 4.85. The van der Waals surface area contributed by atoms with Gasteiger partial charge in [-0.3, -0.25) is 0 Å². The standard InChI is InChI=1S/C11H12ClF3N2OS/c1-18-6-5-16-10(19)17-9-7(11(13,14)15)3-2-4-8(9)12/h2-4H,5-6H2,1H3,(H2,16,17,19). The number of rotatable bonds is 4. The van der Waals surface area contributed by atoms with Crippen molar-refractivity contribution in [1.82, 2.24) is 5.32 Å². The number of alkyl halides is 3. The van der Waals surface area contributed by atoms with Crippen LogP contribution in [0, 0.1) is 0 Å². The molecule has 0 aliphatic carbocycles. The molecule has 0 aromatic heterocycles. The molecule has 0 aliphatic rings. The minimum Gasteiger partial charge on any atom is -0.383 e. The van der Waals surface area contributed by atoms with Crippen LogP contribution in [0.15, 0.2) is 18.2 Å². The Labute approximate surface area is 119 Å². The topological polar surface area (TPSA) is 33.3 Å². The van der Waals surface area contributed by atoms with Crippen molar-refractivity contribution in [3.63, 3.8) is 0 Å². The smallest absolute Gasteiger partial charge is 0.383 e. The Morgan fingerprint density at radius 3 is 2.68 bits per heavy atom. The number of benzene rings is 1. The maximum atomic E-state index is 12.8. The van der Waals surface area contributed by atoms with E-state index in [9.17, 15) is 13.2 Å². The molecule has 3 nitrogen and oxygen atoms in total. The molecule has 0 amide bonds. The number of methoxy groups -OCH3 is 1. The normalized spacial score (nSPS) is 11.2. The molecule has 0 saturated heterocycles. The van der Waals surface area contributed by atoms with E-state index in [0.717, 1.165) is 6.07 Å². The second kappa shape index (κ2) is 6.93. The maximum absolute atomic E-state index is 12.8. The summed E-state index contributed by atoms with van der Waals surface area (Å²) in [7, 11) is 1.51. The van der Waals surface area contributed by atoms with Gasteiger partial charge in [-0.2, -0.15) is 13.2 Å². The van der Waals surface area contributed by atoms with Crippen molar-refractivity contribution in [2.75, 3.05) is 25.6 Å². The van der Waals surface area contributed by atoms with E-state index in [4.69, 9.17) is 28.6 Å². The Hall–Kier alpha value is -1.05. The Morgan fingerprint density at radius 1 is 1.42 bits per heavy atom. The van der Waals surface area contributed by atoms with Crippen LogP contribution in [0.5, 0.6) is 0 Å². The van der Waals surface area contributed by atoms with Gasteiger partial charge < -0.3 is 15.4 Å². The summed E-state index contributed by atoms with van der Waals surface area (Å²) in [5.41, 5.74) is -1.12. The van der Waals surface area contributed by atoms with E-state index in [0.29, 0.717) is 13.2 Å². The van der Waals surface area contributed by atoms with Crippen molar-refractivity contribution >= 4 is 34.6 Å². The van der Waals surface area contributed by atoms with Gasteiger partial charge in [-0.05, 0) is 24.4 Å². The van der Waals surface area contributed by atoms with Crippen LogP contribution in [0.25, 0.3) is 0 Å². The number of nitrogens with one attached hydrogen (secondary N) is 2. The van der Waals surface area contributed by atoms with Gasteiger partial charge in [-0.1, -0.05) is 17.7 Å². The summed E-state index contributed by atoms with van der Waals surface area (Å²) < 4.78 is 43.2. The van der Waals surface area contributed by atoms with Gasteiger partial charge in [0, 0.05) is 13.7 Å². The molecule has 1 rings (SSSR count). The molecule has 0 fully saturated rings. The number of halogens is 4. The van der Waals surface area contributed by atoms with Crippen LogP contribution in [0.4, 0.5) is 18.9 Å². The number of anilines is 1. The molecule has 0 atom stereocenters. The Kier molecular flexibility index (Phi) is 5.84. The van der Waals surface area contributed by atoms with Crippen molar-refractivity contribution < 1.29 is 17.9 Å². The van der Waals surface area contributed by atoms with Crippen LogP contribution in [0.2, 0.25) is 5.02 Å². The third-order valence-corrected chi connectivity index (χ3v) is 2.71. The van der Waals surface area contributed by atoms with Crippen LogP contribution >= 0.6 is 23.8 Å². The second-order valence-corrected chi connectivity index (χ2v) is 4.35. The van der Waals surface area contributed by atoms with Gasteiger partial charge in [0.2, 0.25) is 0 Å². The van der Waals surface area contributed by atoms with Crippen LogP contribution < -0.4 is 10.6 Å². The quantitative estimate of drug-likeness (QED) is 0.660. The van der Waals surface area contributed by atoms with E-state index in [1.807, 2.05) is 0 Å². The number of hydrogen-bond donors (Lipinski definition) is 2. The predicted molar refractivity (Wildman–Crippen MR) is 72.6 cm³/mol. The van der Waals surface area contributed by atoms with Crippen LogP contribution in [-0.2, 0) is 10.9 Å². The molecular weight excluding hydrogens is 301 g/mol. The largest absolute Gasteiger partial charge is 0.418 e. The predicted octanol–water partition coefficient (Wildman–Crippen LogP) is 3.29. The highest BCUT2D eigenvalue weighted by atomic mass is 35.5. The average molecular weight is 313 g/mol. The van der Waals surface area contributed by atoms with Crippen LogP contribution in [0.3, 0.4) is 0 Å². The van der Waals surface area contributed by atoms with Crippen molar-refractivity contribution in [3.05, 3.63) is 28.8 Å². The second-order valence-electron chi connectivity index (χ2n) is 3.53. The van der Waals surface area contributed by atoms with Gasteiger partial charge in [0.1, 0.15) is 0 Å². The fourth-order valence-electron chi connectivity index (χ4n) is 1.31. The summed E-state index contributed by atoms with van der Waals surface area (Å²) in [5, 5.41) is 5.17. The summed E-state index contributed by atoms with van der Waals surface area (Å²) >= 11 is 10.7. The third-order valence-electron chi connectivity index (χ3n) is 2.15. The fraction of sp³-hybridized carbons (Fsp3) is 0.364. The molecule has 0 bridgehead atoms.